The van der Waals surface area contributed by atoms with Crippen molar-refractivity contribution in [3.63, 3.8) is 0 Å². The second kappa shape index (κ2) is 2.23. The van der Waals surface area contributed by atoms with Crippen molar-refractivity contribution < 1.29 is 13.2 Å². The van der Waals surface area contributed by atoms with Crippen LogP contribution in [-0.2, 0) is 14.6 Å². The van der Waals surface area contributed by atoms with Crippen LogP contribution in [0.3, 0.4) is 0 Å². The predicted molar refractivity (Wildman–Crippen MR) is 44.8 cm³/mol. The zero-order valence-electron chi connectivity index (χ0n) is 6.57. The standard InChI is InChI=1S/C8H8O3S/c1-2-11-7-5-6-3-4-8(7)12(6,9)10/h3-5H,2H2,1H3. The molecule has 2 aliphatic heterocycles. The van der Waals surface area contributed by atoms with Crippen LogP contribution in [0.2, 0.25) is 0 Å². The van der Waals surface area contributed by atoms with Crippen molar-refractivity contribution in [2.75, 3.05) is 6.61 Å². The Morgan fingerprint density at radius 1 is 1.42 bits per heavy atom. The molecule has 0 saturated carbocycles. The highest BCUT2D eigenvalue weighted by Gasteiger charge is 2.34. The second-order valence-electron chi connectivity index (χ2n) is 2.54. The van der Waals surface area contributed by atoms with E-state index in [0.29, 0.717) is 22.2 Å². The van der Waals surface area contributed by atoms with Crippen molar-refractivity contribution in [2.45, 2.75) is 6.92 Å². The molecule has 0 amide bonds. The molecule has 2 rings (SSSR count). The van der Waals surface area contributed by atoms with E-state index < -0.39 is 9.84 Å². The highest BCUT2D eigenvalue weighted by atomic mass is 32.2. The Kier molecular flexibility index (Phi) is 1.41. The van der Waals surface area contributed by atoms with E-state index in [1.165, 1.54) is 0 Å². The number of hydrogen-bond acceptors (Lipinski definition) is 3. The largest absolute Gasteiger partial charge is 0.492 e. The quantitative estimate of drug-likeness (QED) is 0.645. The summed E-state index contributed by atoms with van der Waals surface area (Å²) >= 11 is 0. The van der Waals surface area contributed by atoms with E-state index in [2.05, 4.69) is 0 Å². The number of ether oxygens (including phenoxy) is 1. The van der Waals surface area contributed by atoms with Crippen molar-refractivity contribution in [1.29, 1.82) is 0 Å². The summed E-state index contributed by atoms with van der Waals surface area (Å²) in [4.78, 5) is 0.653. The van der Waals surface area contributed by atoms with Crippen LogP contribution < -0.4 is 0 Å². The van der Waals surface area contributed by atoms with Gasteiger partial charge >= 0.3 is 0 Å². The molecule has 0 saturated heterocycles. The van der Waals surface area contributed by atoms with Gasteiger partial charge in [-0.3, -0.25) is 0 Å². The minimum Gasteiger partial charge on any atom is -0.492 e. The van der Waals surface area contributed by atoms with Crippen LogP contribution >= 0.6 is 0 Å². The topological polar surface area (TPSA) is 43.4 Å². The number of allylic oxidation sites excluding steroid dienone is 3. The zero-order valence-corrected chi connectivity index (χ0v) is 7.39. The molecule has 0 aromatic rings. The van der Waals surface area contributed by atoms with Crippen LogP contribution in [-0.4, -0.2) is 15.0 Å². The minimum atomic E-state index is -3.16. The fourth-order valence-electron chi connectivity index (χ4n) is 1.27. The Morgan fingerprint density at radius 3 is 2.58 bits per heavy atom. The Balaban J connectivity index is 2.54. The molecule has 0 unspecified atom stereocenters. The van der Waals surface area contributed by atoms with Gasteiger partial charge in [-0.25, -0.2) is 8.42 Å². The summed E-state index contributed by atoms with van der Waals surface area (Å²) in [6.45, 7) is 2.32. The average Bonchev–Trinajstić information content (AvgIpc) is 2.41. The zero-order chi connectivity index (χ0) is 8.77. The van der Waals surface area contributed by atoms with Crippen molar-refractivity contribution in [2.24, 2.45) is 0 Å². The van der Waals surface area contributed by atoms with Gasteiger partial charge in [0.05, 0.1) is 11.5 Å². The monoisotopic (exact) mass is 184 g/mol. The molecule has 0 aliphatic carbocycles. The van der Waals surface area contributed by atoms with Crippen LogP contribution in [0.1, 0.15) is 6.92 Å². The van der Waals surface area contributed by atoms with Crippen molar-refractivity contribution in [1.82, 2.24) is 0 Å². The molecule has 64 valence electrons. The first kappa shape index (κ1) is 7.61. The summed E-state index contributed by atoms with van der Waals surface area (Å²) in [7, 11) is -3.16. The first-order valence-electron chi connectivity index (χ1n) is 3.68. The lowest BCUT2D eigenvalue weighted by molar-refractivity contribution is 0.242. The van der Waals surface area contributed by atoms with E-state index in [1.54, 1.807) is 18.2 Å². The minimum absolute atomic E-state index is 0.305. The van der Waals surface area contributed by atoms with Gasteiger partial charge in [0.15, 0.2) is 0 Å². The maximum atomic E-state index is 11.4. The summed E-state index contributed by atoms with van der Waals surface area (Å²) in [6.07, 6.45) is 4.73. The molecule has 3 nitrogen and oxygen atoms in total. The molecule has 0 radical (unpaired) electrons. The molecule has 0 aromatic carbocycles. The molecule has 2 bridgehead atoms. The Morgan fingerprint density at radius 2 is 2.17 bits per heavy atom. The van der Waals surface area contributed by atoms with Crippen LogP contribution in [0.4, 0.5) is 0 Å². The molecule has 0 aromatic heterocycles. The Bertz CT molecular complexity index is 410. The molecule has 12 heavy (non-hydrogen) atoms. The van der Waals surface area contributed by atoms with Gasteiger partial charge in [-0.05, 0) is 19.1 Å². The lowest BCUT2D eigenvalue weighted by Crippen LogP contribution is -1.95. The van der Waals surface area contributed by atoms with Crippen molar-refractivity contribution in [3.05, 3.63) is 33.8 Å². The first-order valence-corrected chi connectivity index (χ1v) is 5.16. The van der Waals surface area contributed by atoms with Crippen molar-refractivity contribution >= 4 is 9.84 Å². The number of sulfone groups is 1. The summed E-state index contributed by atoms with van der Waals surface area (Å²) in [5, 5.41) is 0. The van der Waals surface area contributed by atoms with Crippen LogP contribution in [0.25, 0.3) is 0 Å². The van der Waals surface area contributed by atoms with Crippen LogP contribution in [0.5, 0.6) is 0 Å². The highest BCUT2D eigenvalue weighted by Crippen LogP contribution is 2.37. The van der Waals surface area contributed by atoms with Crippen LogP contribution in [0.15, 0.2) is 33.8 Å². The summed E-state index contributed by atoms with van der Waals surface area (Å²) in [6, 6.07) is 0. The van der Waals surface area contributed by atoms with E-state index in [9.17, 15) is 8.42 Å². The first-order chi connectivity index (χ1) is 5.66. The fourth-order valence-corrected chi connectivity index (χ4v) is 2.67. The summed E-state index contributed by atoms with van der Waals surface area (Å²) < 4.78 is 27.9. The maximum absolute atomic E-state index is 11.4. The molecular weight excluding hydrogens is 176 g/mol. The van der Waals surface area contributed by atoms with Gasteiger partial charge in [0.1, 0.15) is 10.7 Å². The number of rotatable bonds is 2. The lowest BCUT2D eigenvalue weighted by Gasteiger charge is -2.01. The van der Waals surface area contributed by atoms with Gasteiger partial charge in [0, 0.05) is 6.08 Å². The highest BCUT2D eigenvalue weighted by molar-refractivity contribution is 8.00. The van der Waals surface area contributed by atoms with Gasteiger partial charge < -0.3 is 4.74 Å². The van der Waals surface area contributed by atoms with Gasteiger partial charge in [-0.2, -0.15) is 0 Å². The van der Waals surface area contributed by atoms with Gasteiger partial charge in [-0.15, -0.1) is 0 Å². The molecule has 4 heteroatoms. The third kappa shape index (κ3) is 0.783. The summed E-state index contributed by atoms with van der Waals surface area (Å²) in [5.74, 6) is 0.481. The smallest absolute Gasteiger partial charge is 0.210 e. The van der Waals surface area contributed by atoms with E-state index in [4.69, 9.17) is 4.74 Å². The van der Waals surface area contributed by atoms with E-state index in [-0.39, 0.29) is 0 Å². The molecule has 2 aliphatic rings. The van der Waals surface area contributed by atoms with E-state index in [1.807, 2.05) is 6.92 Å². The third-order valence-electron chi connectivity index (χ3n) is 1.81. The average molecular weight is 184 g/mol. The van der Waals surface area contributed by atoms with E-state index in [0.717, 1.165) is 0 Å². The predicted octanol–water partition coefficient (Wildman–Crippen LogP) is 1.12. The number of hydrogen-bond donors (Lipinski definition) is 0. The molecule has 0 fully saturated rings. The molecule has 0 spiro atoms. The van der Waals surface area contributed by atoms with E-state index >= 15 is 0 Å². The molecule has 0 atom stereocenters. The van der Waals surface area contributed by atoms with Crippen LogP contribution in [0, 0.1) is 0 Å². The molecule has 0 N–H and O–H groups in total. The Hall–Kier alpha value is -1.03. The molecule has 2 heterocycles. The number of fused-ring (bicyclic) bond motifs is 2. The third-order valence-corrected chi connectivity index (χ3v) is 3.61. The second-order valence-corrected chi connectivity index (χ2v) is 4.46. The van der Waals surface area contributed by atoms with Crippen molar-refractivity contribution in [3.8, 4) is 0 Å². The van der Waals surface area contributed by atoms with Gasteiger partial charge in [0.25, 0.3) is 0 Å². The lowest BCUT2D eigenvalue weighted by atomic mass is 10.3. The SMILES string of the molecule is CCOC1=C2C=CC(=C1)S2(=O)=O. The molecular formula is C8H8O3S. The fraction of sp³-hybridized carbons (Fsp3) is 0.250. The normalized spacial score (nSPS) is 23.2. The maximum Gasteiger partial charge on any atom is 0.210 e. The van der Waals surface area contributed by atoms with Gasteiger partial charge in [0.2, 0.25) is 9.84 Å². The summed E-state index contributed by atoms with van der Waals surface area (Å²) in [5.41, 5.74) is 0. The van der Waals surface area contributed by atoms with Gasteiger partial charge in [-0.1, -0.05) is 0 Å². The Labute approximate surface area is 71.0 Å².